The highest BCUT2D eigenvalue weighted by molar-refractivity contribution is 5.91. The minimum atomic E-state index is -0.848. The third-order valence-corrected chi connectivity index (χ3v) is 4.23. The van der Waals surface area contributed by atoms with Crippen molar-refractivity contribution in [2.45, 2.75) is 39.2 Å². The van der Waals surface area contributed by atoms with E-state index in [2.05, 4.69) is 10.6 Å². The minimum Gasteiger partial charge on any atom is -0.494 e. The SMILES string of the molecule is CCOc1ccccc1C(CC(=O)Nc1ccc(CCC(=O)O)cc1)NC(C)=O. The van der Waals surface area contributed by atoms with E-state index in [9.17, 15) is 14.4 Å². The normalized spacial score (nSPS) is 11.4. The molecule has 2 aromatic carbocycles. The molecule has 0 aliphatic carbocycles. The Balaban J connectivity index is 2.07. The molecule has 1 atom stereocenters. The number of hydrogen-bond acceptors (Lipinski definition) is 4. The van der Waals surface area contributed by atoms with E-state index in [1.807, 2.05) is 25.1 Å². The predicted molar refractivity (Wildman–Crippen MR) is 110 cm³/mol. The van der Waals surface area contributed by atoms with Crippen molar-refractivity contribution >= 4 is 23.5 Å². The summed E-state index contributed by atoms with van der Waals surface area (Å²) >= 11 is 0. The highest BCUT2D eigenvalue weighted by Crippen LogP contribution is 2.28. The molecular formula is C22H26N2O5. The molecule has 0 radical (unpaired) electrons. The van der Waals surface area contributed by atoms with Gasteiger partial charge in [0.25, 0.3) is 0 Å². The maximum atomic E-state index is 12.6. The Morgan fingerprint density at radius 2 is 1.76 bits per heavy atom. The summed E-state index contributed by atoms with van der Waals surface area (Å²) in [5, 5.41) is 14.4. The Morgan fingerprint density at radius 1 is 1.07 bits per heavy atom. The van der Waals surface area contributed by atoms with E-state index in [0.717, 1.165) is 11.1 Å². The number of rotatable bonds is 10. The third kappa shape index (κ3) is 7.29. The van der Waals surface area contributed by atoms with Crippen molar-refractivity contribution in [2.24, 2.45) is 0 Å². The summed E-state index contributed by atoms with van der Waals surface area (Å²) in [6.07, 6.45) is 0.538. The van der Waals surface area contributed by atoms with Gasteiger partial charge >= 0.3 is 5.97 Å². The van der Waals surface area contributed by atoms with Crippen molar-refractivity contribution in [3.05, 3.63) is 59.7 Å². The number of amides is 2. The highest BCUT2D eigenvalue weighted by atomic mass is 16.5. The molecule has 0 spiro atoms. The fourth-order valence-electron chi connectivity index (χ4n) is 2.94. The van der Waals surface area contributed by atoms with Crippen molar-refractivity contribution in [1.82, 2.24) is 5.32 Å². The van der Waals surface area contributed by atoms with Gasteiger partial charge in [0, 0.05) is 24.6 Å². The fourth-order valence-corrected chi connectivity index (χ4v) is 2.94. The Morgan fingerprint density at radius 3 is 2.38 bits per heavy atom. The van der Waals surface area contributed by atoms with Gasteiger partial charge in [-0.15, -0.1) is 0 Å². The smallest absolute Gasteiger partial charge is 0.303 e. The van der Waals surface area contributed by atoms with Crippen molar-refractivity contribution in [1.29, 1.82) is 0 Å². The predicted octanol–water partition coefficient (Wildman–Crippen LogP) is 3.31. The van der Waals surface area contributed by atoms with E-state index in [4.69, 9.17) is 9.84 Å². The maximum Gasteiger partial charge on any atom is 0.303 e. The number of benzene rings is 2. The van der Waals surface area contributed by atoms with Gasteiger partial charge in [0.1, 0.15) is 5.75 Å². The summed E-state index contributed by atoms with van der Waals surface area (Å²) < 4.78 is 5.63. The van der Waals surface area contributed by atoms with E-state index in [1.54, 1.807) is 30.3 Å². The Labute approximate surface area is 170 Å². The second-order valence-corrected chi connectivity index (χ2v) is 6.57. The molecule has 0 saturated carbocycles. The lowest BCUT2D eigenvalue weighted by Crippen LogP contribution is -2.30. The van der Waals surface area contributed by atoms with Crippen LogP contribution in [0.1, 0.15) is 43.9 Å². The van der Waals surface area contributed by atoms with Crippen LogP contribution in [-0.4, -0.2) is 29.5 Å². The molecule has 2 amide bonds. The molecule has 0 aromatic heterocycles. The van der Waals surface area contributed by atoms with E-state index in [-0.39, 0.29) is 24.7 Å². The van der Waals surface area contributed by atoms with Crippen LogP contribution in [0.4, 0.5) is 5.69 Å². The molecule has 0 aliphatic rings. The van der Waals surface area contributed by atoms with Gasteiger partial charge in [-0.25, -0.2) is 0 Å². The number of aliphatic carboxylic acids is 1. The van der Waals surface area contributed by atoms with Crippen LogP contribution in [0.2, 0.25) is 0 Å². The van der Waals surface area contributed by atoms with E-state index in [1.165, 1.54) is 6.92 Å². The number of nitrogens with one attached hydrogen (secondary N) is 2. The summed E-state index contributed by atoms with van der Waals surface area (Å²) in [5.74, 6) is -0.715. The van der Waals surface area contributed by atoms with Gasteiger partial charge in [0.15, 0.2) is 0 Å². The number of hydrogen-bond donors (Lipinski definition) is 3. The molecule has 0 bridgehead atoms. The van der Waals surface area contributed by atoms with Crippen molar-refractivity contribution in [3.8, 4) is 5.75 Å². The molecule has 2 rings (SSSR count). The molecule has 0 fully saturated rings. The Hall–Kier alpha value is -3.35. The van der Waals surface area contributed by atoms with Crippen molar-refractivity contribution < 1.29 is 24.2 Å². The lowest BCUT2D eigenvalue weighted by atomic mass is 10.0. The molecule has 0 saturated heterocycles. The second-order valence-electron chi connectivity index (χ2n) is 6.57. The number of carbonyl (C=O) groups excluding carboxylic acids is 2. The van der Waals surface area contributed by atoms with Crippen LogP contribution in [0.15, 0.2) is 48.5 Å². The van der Waals surface area contributed by atoms with Crippen LogP contribution in [0, 0.1) is 0 Å². The van der Waals surface area contributed by atoms with Gasteiger partial charge in [-0.05, 0) is 37.1 Å². The van der Waals surface area contributed by atoms with Crippen LogP contribution in [-0.2, 0) is 20.8 Å². The monoisotopic (exact) mass is 398 g/mol. The summed E-state index contributed by atoms with van der Waals surface area (Å²) in [4.78, 5) is 34.9. The van der Waals surface area contributed by atoms with Crippen LogP contribution in [0.5, 0.6) is 5.75 Å². The standard InChI is InChI=1S/C22H26N2O5/c1-3-29-20-7-5-4-6-18(20)19(23-15(2)25)14-21(26)24-17-11-8-16(9-12-17)10-13-22(27)28/h4-9,11-12,19H,3,10,13-14H2,1-2H3,(H,23,25)(H,24,26)(H,27,28). The van der Waals surface area contributed by atoms with Gasteiger partial charge in [0.2, 0.25) is 11.8 Å². The summed E-state index contributed by atoms with van der Waals surface area (Å²) in [7, 11) is 0. The van der Waals surface area contributed by atoms with Crippen LogP contribution >= 0.6 is 0 Å². The number of carbonyl (C=O) groups is 3. The van der Waals surface area contributed by atoms with Crippen LogP contribution < -0.4 is 15.4 Å². The molecular weight excluding hydrogens is 372 g/mol. The molecule has 0 aliphatic heterocycles. The molecule has 7 heteroatoms. The average Bonchev–Trinajstić information content (AvgIpc) is 2.67. The largest absolute Gasteiger partial charge is 0.494 e. The first-order valence-electron chi connectivity index (χ1n) is 9.48. The first kappa shape index (κ1) is 21.9. The summed E-state index contributed by atoms with van der Waals surface area (Å²) in [6, 6.07) is 13.8. The lowest BCUT2D eigenvalue weighted by molar-refractivity contribution is -0.137. The van der Waals surface area contributed by atoms with Gasteiger partial charge in [-0.3, -0.25) is 14.4 Å². The second kappa shape index (κ2) is 10.8. The number of ether oxygens (including phenoxy) is 1. The Bertz CT molecular complexity index is 849. The molecule has 1 unspecified atom stereocenters. The van der Waals surface area contributed by atoms with Gasteiger partial charge in [-0.1, -0.05) is 30.3 Å². The number of para-hydroxylation sites is 1. The van der Waals surface area contributed by atoms with Gasteiger partial charge < -0.3 is 20.5 Å². The van der Waals surface area contributed by atoms with E-state index < -0.39 is 12.0 Å². The van der Waals surface area contributed by atoms with Crippen molar-refractivity contribution in [2.75, 3.05) is 11.9 Å². The van der Waals surface area contributed by atoms with E-state index >= 15 is 0 Å². The van der Waals surface area contributed by atoms with Gasteiger partial charge in [-0.2, -0.15) is 0 Å². The highest BCUT2D eigenvalue weighted by Gasteiger charge is 2.20. The number of anilines is 1. The first-order valence-corrected chi connectivity index (χ1v) is 9.48. The zero-order chi connectivity index (χ0) is 21.2. The third-order valence-electron chi connectivity index (χ3n) is 4.23. The zero-order valence-corrected chi connectivity index (χ0v) is 16.6. The summed E-state index contributed by atoms with van der Waals surface area (Å²) in [5.41, 5.74) is 2.23. The molecule has 7 nitrogen and oxygen atoms in total. The van der Waals surface area contributed by atoms with E-state index in [0.29, 0.717) is 24.5 Å². The lowest BCUT2D eigenvalue weighted by Gasteiger charge is -2.21. The molecule has 2 aromatic rings. The molecule has 29 heavy (non-hydrogen) atoms. The summed E-state index contributed by atoms with van der Waals surface area (Å²) in [6.45, 7) is 3.76. The molecule has 0 heterocycles. The zero-order valence-electron chi connectivity index (χ0n) is 16.6. The first-order chi connectivity index (χ1) is 13.9. The number of carboxylic acids is 1. The quantitative estimate of drug-likeness (QED) is 0.569. The topological polar surface area (TPSA) is 105 Å². The van der Waals surface area contributed by atoms with Gasteiger partial charge in [0.05, 0.1) is 19.1 Å². The number of aryl methyl sites for hydroxylation is 1. The minimum absolute atomic E-state index is 0.0461. The molecule has 3 N–H and O–H groups in total. The fraction of sp³-hybridized carbons (Fsp3) is 0.318. The Kier molecular flexibility index (Phi) is 8.21. The van der Waals surface area contributed by atoms with Crippen LogP contribution in [0.3, 0.4) is 0 Å². The number of carboxylic acid groups (broad SMARTS) is 1. The van der Waals surface area contributed by atoms with Crippen molar-refractivity contribution in [3.63, 3.8) is 0 Å². The molecule has 154 valence electrons. The maximum absolute atomic E-state index is 12.6. The average molecular weight is 398 g/mol. The van der Waals surface area contributed by atoms with Crippen LogP contribution in [0.25, 0.3) is 0 Å².